The van der Waals surface area contributed by atoms with E-state index in [4.69, 9.17) is 5.73 Å². The number of hydrogen-bond donors (Lipinski definition) is 2. The molecule has 0 fully saturated rings. The average Bonchev–Trinajstić information content (AvgIpc) is 2.24. The Morgan fingerprint density at radius 1 is 1.47 bits per heavy atom. The largest absolute Gasteiger partial charge is 0.396 e. The SMILES string of the molecule is CCCC(CC)Nc1nccc(C)c1N. The molecule has 15 heavy (non-hydrogen) atoms. The van der Waals surface area contributed by atoms with Crippen LogP contribution < -0.4 is 11.1 Å². The number of aryl methyl sites for hydroxylation is 1. The molecule has 3 nitrogen and oxygen atoms in total. The highest BCUT2D eigenvalue weighted by Crippen LogP contribution is 2.20. The molecule has 1 aromatic heterocycles. The fourth-order valence-corrected chi connectivity index (χ4v) is 1.60. The van der Waals surface area contributed by atoms with Crippen molar-refractivity contribution in [3.8, 4) is 0 Å². The number of nitrogens with zero attached hydrogens (tertiary/aromatic N) is 1. The summed E-state index contributed by atoms with van der Waals surface area (Å²) in [5.41, 5.74) is 7.81. The molecule has 3 N–H and O–H groups in total. The van der Waals surface area contributed by atoms with Crippen LogP contribution in [0.1, 0.15) is 38.7 Å². The highest BCUT2D eigenvalue weighted by Gasteiger charge is 2.08. The van der Waals surface area contributed by atoms with Crippen molar-refractivity contribution in [2.45, 2.75) is 46.1 Å². The first kappa shape index (κ1) is 11.8. The molecular weight excluding hydrogens is 186 g/mol. The van der Waals surface area contributed by atoms with E-state index in [9.17, 15) is 0 Å². The number of hydrogen-bond acceptors (Lipinski definition) is 3. The van der Waals surface area contributed by atoms with E-state index in [1.54, 1.807) is 6.20 Å². The van der Waals surface area contributed by atoms with Crippen molar-refractivity contribution >= 4 is 11.5 Å². The van der Waals surface area contributed by atoms with Gasteiger partial charge < -0.3 is 11.1 Å². The first-order chi connectivity index (χ1) is 7.19. The van der Waals surface area contributed by atoms with Crippen LogP contribution >= 0.6 is 0 Å². The molecule has 0 radical (unpaired) electrons. The summed E-state index contributed by atoms with van der Waals surface area (Å²) in [6.07, 6.45) is 5.23. The maximum Gasteiger partial charge on any atom is 0.149 e. The Balaban J connectivity index is 2.74. The summed E-state index contributed by atoms with van der Waals surface area (Å²) in [7, 11) is 0. The molecule has 0 aliphatic heterocycles. The molecule has 1 aromatic rings. The molecule has 1 unspecified atom stereocenters. The minimum atomic E-state index is 0.478. The first-order valence-corrected chi connectivity index (χ1v) is 5.66. The van der Waals surface area contributed by atoms with E-state index in [1.807, 2.05) is 13.0 Å². The van der Waals surface area contributed by atoms with Gasteiger partial charge in [-0.1, -0.05) is 20.3 Å². The van der Waals surface area contributed by atoms with Gasteiger partial charge in [-0.3, -0.25) is 0 Å². The van der Waals surface area contributed by atoms with Crippen molar-refractivity contribution < 1.29 is 0 Å². The fraction of sp³-hybridized carbons (Fsp3) is 0.583. The first-order valence-electron chi connectivity index (χ1n) is 5.66. The van der Waals surface area contributed by atoms with Crippen molar-refractivity contribution in [2.24, 2.45) is 0 Å². The summed E-state index contributed by atoms with van der Waals surface area (Å²) in [6, 6.07) is 2.41. The lowest BCUT2D eigenvalue weighted by Crippen LogP contribution is -2.19. The van der Waals surface area contributed by atoms with Gasteiger partial charge in [-0.2, -0.15) is 0 Å². The molecule has 0 bridgehead atoms. The Hall–Kier alpha value is -1.25. The third kappa shape index (κ3) is 3.11. The second kappa shape index (κ2) is 5.59. The second-order valence-electron chi connectivity index (χ2n) is 3.93. The molecule has 1 heterocycles. The van der Waals surface area contributed by atoms with E-state index in [-0.39, 0.29) is 0 Å². The Labute approximate surface area is 92.1 Å². The molecular formula is C12H21N3. The Kier molecular flexibility index (Phi) is 4.40. The van der Waals surface area contributed by atoms with Gasteiger partial charge in [-0.05, 0) is 31.4 Å². The zero-order valence-electron chi connectivity index (χ0n) is 9.88. The molecule has 1 rings (SSSR count). The number of aromatic nitrogens is 1. The van der Waals surface area contributed by atoms with Gasteiger partial charge in [0.1, 0.15) is 5.82 Å². The van der Waals surface area contributed by atoms with E-state index in [1.165, 1.54) is 6.42 Å². The minimum absolute atomic E-state index is 0.478. The number of nitrogen functional groups attached to an aromatic ring is 1. The maximum absolute atomic E-state index is 5.96. The number of pyridine rings is 1. The quantitative estimate of drug-likeness (QED) is 0.780. The fourth-order valence-electron chi connectivity index (χ4n) is 1.60. The number of nitrogens with two attached hydrogens (primary N) is 1. The number of nitrogens with one attached hydrogen (secondary N) is 1. The molecule has 0 aliphatic carbocycles. The van der Waals surface area contributed by atoms with Crippen LogP contribution in [0.2, 0.25) is 0 Å². The molecule has 0 spiro atoms. The molecule has 0 saturated heterocycles. The smallest absolute Gasteiger partial charge is 0.149 e. The molecule has 3 heteroatoms. The second-order valence-corrected chi connectivity index (χ2v) is 3.93. The van der Waals surface area contributed by atoms with Crippen LogP contribution in [0.3, 0.4) is 0 Å². The monoisotopic (exact) mass is 207 g/mol. The summed E-state index contributed by atoms with van der Waals surface area (Å²) in [5.74, 6) is 0.829. The van der Waals surface area contributed by atoms with Crippen LogP contribution in [0.15, 0.2) is 12.3 Å². The summed E-state index contributed by atoms with van der Waals surface area (Å²) >= 11 is 0. The van der Waals surface area contributed by atoms with Crippen molar-refractivity contribution in [3.05, 3.63) is 17.8 Å². The summed E-state index contributed by atoms with van der Waals surface area (Å²) in [4.78, 5) is 4.27. The molecule has 0 aliphatic rings. The zero-order valence-corrected chi connectivity index (χ0v) is 9.88. The average molecular weight is 207 g/mol. The molecule has 84 valence electrons. The van der Waals surface area contributed by atoms with Crippen LogP contribution in [0.25, 0.3) is 0 Å². The van der Waals surface area contributed by atoms with E-state index in [2.05, 4.69) is 24.1 Å². The van der Waals surface area contributed by atoms with Gasteiger partial charge in [-0.15, -0.1) is 0 Å². The van der Waals surface area contributed by atoms with E-state index >= 15 is 0 Å². The van der Waals surface area contributed by atoms with Gasteiger partial charge in [0, 0.05) is 12.2 Å². The lowest BCUT2D eigenvalue weighted by molar-refractivity contribution is 0.621. The van der Waals surface area contributed by atoms with Gasteiger partial charge in [-0.25, -0.2) is 4.98 Å². The van der Waals surface area contributed by atoms with Gasteiger partial charge >= 0.3 is 0 Å². The predicted octanol–water partition coefficient (Wildman–Crippen LogP) is 2.96. The summed E-state index contributed by atoms with van der Waals surface area (Å²) in [5, 5.41) is 3.40. The minimum Gasteiger partial charge on any atom is -0.396 e. The highest BCUT2D eigenvalue weighted by atomic mass is 15.0. The summed E-state index contributed by atoms with van der Waals surface area (Å²) < 4.78 is 0. The van der Waals surface area contributed by atoms with E-state index < -0.39 is 0 Å². The Morgan fingerprint density at radius 2 is 2.20 bits per heavy atom. The van der Waals surface area contributed by atoms with Crippen LogP contribution in [0, 0.1) is 6.92 Å². The van der Waals surface area contributed by atoms with Gasteiger partial charge in [0.15, 0.2) is 0 Å². The van der Waals surface area contributed by atoms with E-state index in [0.717, 1.165) is 29.9 Å². The number of rotatable bonds is 5. The molecule has 0 amide bonds. The standard InChI is InChI=1S/C12H21N3/c1-4-6-10(5-2)15-12-11(13)9(3)7-8-14-12/h7-8,10H,4-6,13H2,1-3H3,(H,14,15). The predicted molar refractivity (Wildman–Crippen MR) is 66.0 cm³/mol. The third-order valence-corrected chi connectivity index (χ3v) is 2.68. The molecule has 0 aromatic carbocycles. The third-order valence-electron chi connectivity index (χ3n) is 2.68. The van der Waals surface area contributed by atoms with E-state index in [0.29, 0.717) is 6.04 Å². The van der Waals surface area contributed by atoms with Crippen LogP contribution in [0.4, 0.5) is 11.5 Å². The summed E-state index contributed by atoms with van der Waals surface area (Å²) in [6.45, 7) is 6.37. The van der Waals surface area contributed by atoms with Crippen LogP contribution in [0.5, 0.6) is 0 Å². The van der Waals surface area contributed by atoms with Crippen molar-refractivity contribution in [2.75, 3.05) is 11.1 Å². The normalized spacial score (nSPS) is 12.5. The Bertz CT molecular complexity index is 310. The highest BCUT2D eigenvalue weighted by molar-refractivity contribution is 5.65. The topological polar surface area (TPSA) is 50.9 Å². The van der Waals surface area contributed by atoms with Crippen molar-refractivity contribution in [3.63, 3.8) is 0 Å². The van der Waals surface area contributed by atoms with Crippen molar-refractivity contribution in [1.29, 1.82) is 0 Å². The Morgan fingerprint density at radius 3 is 2.80 bits per heavy atom. The van der Waals surface area contributed by atoms with Crippen LogP contribution in [-0.2, 0) is 0 Å². The van der Waals surface area contributed by atoms with Crippen molar-refractivity contribution in [1.82, 2.24) is 4.98 Å². The van der Waals surface area contributed by atoms with Crippen LogP contribution in [-0.4, -0.2) is 11.0 Å². The number of anilines is 2. The van der Waals surface area contributed by atoms with Gasteiger partial charge in [0.25, 0.3) is 0 Å². The molecule has 1 atom stereocenters. The lowest BCUT2D eigenvalue weighted by atomic mass is 10.1. The van der Waals surface area contributed by atoms with Gasteiger partial charge in [0.05, 0.1) is 5.69 Å². The lowest BCUT2D eigenvalue weighted by Gasteiger charge is -2.18. The molecule has 0 saturated carbocycles. The zero-order chi connectivity index (χ0) is 11.3. The maximum atomic E-state index is 5.96. The van der Waals surface area contributed by atoms with Gasteiger partial charge in [0.2, 0.25) is 0 Å².